The first-order chi connectivity index (χ1) is 12.7. The number of aliphatic hydroxyl groups excluding tert-OH is 1. The standard InChI is InChI=1S/C17H24O10/c1-11(18)10-16(24-12(19)6-2-3-7-13(20)25-16)17(23)26-14(21)8-4-5-9-15(22)27-17/h11,18,23H,2-10H2,1H3. The molecule has 2 rings (SSSR count). The summed E-state index contributed by atoms with van der Waals surface area (Å²) in [4.78, 5) is 48.4. The molecule has 0 saturated carbocycles. The largest absolute Gasteiger partial charge is 0.456 e. The van der Waals surface area contributed by atoms with Crippen molar-refractivity contribution in [2.45, 2.75) is 82.6 Å². The number of cyclic esters (lactones) is 4. The van der Waals surface area contributed by atoms with E-state index in [1.807, 2.05) is 0 Å². The minimum atomic E-state index is -3.22. The van der Waals surface area contributed by atoms with Gasteiger partial charge in [0.1, 0.15) is 0 Å². The molecule has 10 heteroatoms. The zero-order valence-corrected chi connectivity index (χ0v) is 15.1. The second kappa shape index (κ2) is 8.66. The Bertz CT molecular complexity index is 557. The zero-order chi connectivity index (χ0) is 20.1. The summed E-state index contributed by atoms with van der Waals surface area (Å²) in [5.74, 6) is -9.57. The Kier molecular flexibility index (Phi) is 6.77. The van der Waals surface area contributed by atoms with Gasteiger partial charge in [-0.15, -0.1) is 0 Å². The van der Waals surface area contributed by atoms with E-state index in [4.69, 9.17) is 18.9 Å². The third-order valence-electron chi connectivity index (χ3n) is 4.13. The van der Waals surface area contributed by atoms with Gasteiger partial charge in [0.25, 0.3) is 0 Å². The molecule has 2 saturated heterocycles. The Morgan fingerprint density at radius 1 is 0.778 bits per heavy atom. The van der Waals surface area contributed by atoms with Crippen LogP contribution in [0, 0.1) is 0 Å². The molecular formula is C17H24O10. The molecule has 2 fully saturated rings. The van der Waals surface area contributed by atoms with Crippen LogP contribution in [-0.4, -0.2) is 52.0 Å². The molecule has 152 valence electrons. The molecule has 1 unspecified atom stereocenters. The first kappa shape index (κ1) is 21.1. The van der Waals surface area contributed by atoms with Crippen LogP contribution in [0.5, 0.6) is 0 Å². The number of carbonyl (C=O) groups excluding carboxylic acids is 4. The highest BCUT2D eigenvalue weighted by Crippen LogP contribution is 2.38. The quantitative estimate of drug-likeness (QED) is 0.652. The first-order valence-corrected chi connectivity index (χ1v) is 8.93. The van der Waals surface area contributed by atoms with Crippen molar-refractivity contribution in [2.75, 3.05) is 0 Å². The van der Waals surface area contributed by atoms with Crippen molar-refractivity contribution in [2.24, 2.45) is 0 Å². The summed E-state index contributed by atoms with van der Waals surface area (Å²) in [6, 6.07) is 0. The van der Waals surface area contributed by atoms with Gasteiger partial charge in [-0.2, -0.15) is 0 Å². The van der Waals surface area contributed by atoms with E-state index in [1.165, 1.54) is 6.92 Å². The highest BCUT2D eigenvalue weighted by molar-refractivity contribution is 5.75. The van der Waals surface area contributed by atoms with Crippen LogP contribution in [0.15, 0.2) is 0 Å². The van der Waals surface area contributed by atoms with Gasteiger partial charge in [0, 0.05) is 25.7 Å². The molecule has 27 heavy (non-hydrogen) atoms. The second-order valence-corrected chi connectivity index (χ2v) is 6.70. The van der Waals surface area contributed by atoms with Gasteiger partial charge in [-0.05, 0) is 32.6 Å². The molecule has 0 spiro atoms. The van der Waals surface area contributed by atoms with Gasteiger partial charge in [-0.3, -0.25) is 19.2 Å². The van der Waals surface area contributed by atoms with E-state index < -0.39 is 48.2 Å². The average Bonchev–Trinajstić information content (AvgIpc) is 2.64. The lowest BCUT2D eigenvalue weighted by Gasteiger charge is -2.41. The number of aliphatic hydroxyl groups is 2. The molecule has 0 amide bonds. The van der Waals surface area contributed by atoms with Gasteiger partial charge in [0.15, 0.2) is 0 Å². The van der Waals surface area contributed by atoms with Crippen molar-refractivity contribution in [3.8, 4) is 0 Å². The Hall–Kier alpha value is -2.20. The van der Waals surface area contributed by atoms with E-state index in [1.54, 1.807) is 0 Å². The predicted octanol–water partition coefficient (Wildman–Crippen LogP) is 0.420. The van der Waals surface area contributed by atoms with Crippen LogP contribution in [0.4, 0.5) is 0 Å². The molecule has 2 aliphatic rings. The number of hydrogen-bond donors (Lipinski definition) is 2. The Morgan fingerprint density at radius 2 is 1.11 bits per heavy atom. The third-order valence-corrected chi connectivity index (χ3v) is 4.13. The van der Waals surface area contributed by atoms with Crippen LogP contribution >= 0.6 is 0 Å². The smallest absolute Gasteiger partial charge is 0.412 e. The molecule has 1 atom stereocenters. The molecule has 10 nitrogen and oxygen atoms in total. The SMILES string of the molecule is CC(O)CC1(C2(O)OC(=O)CCCCC(=O)O2)OC(=O)CCCCC(=O)O1. The van der Waals surface area contributed by atoms with E-state index >= 15 is 0 Å². The number of hydrogen-bond acceptors (Lipinski definition) is 10. The minimum absolute atomic E-state index is 0.101. The summed E-state index contributed by atoms with van der Waals surface area (Å²) in [6.45, 7) is 1.28. The summed E-state index contributed by atoms with van der Waals surface area (Å²) in [7, 11) is 0. The summed E-state index contributed by atoms with van der Waals surface area (Å²) < 4.78 is 20.2. The van der Waals surface area contributed by atoms with E-state index in [9.17, 15) is 29.4 Å². The average molecular weight is 388 g/mol. The van der Waals surface area contributed by atoms with E-state index in [2.05, 4.69) is 0 Å². The summed E-state index contributed by atoms with van der Waals surface area (Å²) in [5.41, 5.74) is 0. The van der Waals surface area contributed by atoms with Crippen LogP contribution in [0.1, 0.15) is 64.7 Å². The van der Waals surface area contributed by atoms with Gasteiger partial charge in [0.05, 0.1) is 12.5 Å². The molecule has 2 aliphatic heterocycles. The van der Waals surface area contributed by atoms with Crippen LogP contribution in [0.3, 0.4) is 0 Å². The molecule has 0 radical (unpaired) electrons. The predicted molar refractivity (Wildman–Crippen MR) is 85.3 cm³/mol. The highest BCUT2D eigenvalue weighted by atomic mass is 16.9. The lowest BCUT2D eigenvalue weighted by Crippen LogP contribution is -2.64. The fourth-order valence-electron chi connectivity index (χ4n) is 2.89. The van der Waals surface area contributed by atoms with E-state index in [0.29, 0.717) is 25.7 Å². The lowest BCUT2D eigenvalue weighted by molar-refractivity contribution is -0.446. The maximum Gasteiger partial charge on any atom is 0.456 e. The first-order valence-electron chi connectivity index (χ1n) is 8.93. The topological polar surface area (TPSA) is 146 Å². The maximum atomic E-state index is 12.2. The minimum Gasteiger partial charge on any atom is -0.412 e. The summed E-state index contributed by atoms with van der Waals surface area (Å²) >= 11 is 0. The fourth-order valence-corrected chi connectivity index (χ4v) is 2.89. The van der Waals surface area contributed by atoms with Crippen LogP contribution in [0.2, 0.25) is 0 Å². The van der Waals surface area contributed by atoms with Crippen LogP contribution < -0.4 is 0 Å². The van der Waals surface area contributed by atoms with Crippen molar-refractivity contribution in [3.63, 3.8) is 0 Å². The van der Waals surface area contributed by atoms with Gasteiger partial charge in [-0.25, -0.2) is 0 Å². The molecule has 0 aliphatic carbocycles. The van der Waals surface area contributed by atoms with Gasteiger partial charge in [-0.1, -0.05) is 0 Å². The normalized spacial score (nSPS) is 25.0. The highest BCUT2D eigenvalue weighted by Gasteiger charge is 2.65. The van der Waals surface area contributed by atoms with Crippen LogP contribution in [-0.2, 0) is 38.1 Å². The van der Waals surface area contributed by atoms with E-state index in [0.717, 1.165) is 0 Å². The van der Waals surface area contributed by atoms with Gasteiger partial charge in [0.2, 0.25) is 0 Å². The number of ether oxygens (including phenoxy) is 4. The third kappa shape index (κ3) is 5.39. The molecule has 2 N–H and O–H groups in total. The number of rotatable bonds is 3. The molecule has 0 aromatic carbocycles. The molecule has 0 bridgehead atoms. The number of esters is 4. The monoisotopic (exact) mass is 388 g/mol. The summed E-state index contributed by atoms with van der Waals surface area (Å²) in [6.07, 6.45) is -1.14. The molecule has 2 heterocycles. The Labute approximate surface area is 155 Å². The van der Waals surface area contributed by atoms with Crippen molar-refractivity contribution in [3.05, 3.63) is 0 Å². The molecule has 0 aromatic heterocycles. The fraction of sp³-hybridized carbons (Fsp3) is 0.765. The van der Waals surface area contributed by atoms with E-state index in [-0.39, 0.29) is 25.7 Å². The number of carbonyl (C=O) groups is 4. The van der Waals surface area contributed by atoms with Crippen molar-refractivity contribution >= 4 is 23.9 Å². The summed E-state index contributed by atoms with van der Waals surface area (Å²) in [5, 5.41) is 20.8. The van der Waals surface area contributed by atoms with Gasteiger partial charge < -0.3 is 29.2 Å². The zero-order valence-electron chi connectivity index (χ0n) is 15.1. The van der Waals surface area contributed by atoms with Crippen molar-refractivity contribution in [1.29, 1.82) is 0 Å². The van der Waals surface area contributed by atoms with Gasteiger partial charge >= 0.3 is 35.6 Å². The van der Waals surface area contributed by atoms with Crippen LogP contribution in [0.25, 0.3) is 0 Å². The molecule has 0 aromatic rings. The Morgan fingerprint density at radius 3 is 1.44 bits per heavy atom. The Balaban J connectivity index is 2.52. The van der Waals surface area contributed by atoms with Crippen molar-refractivity contribution < 1.29 is 48.3 Å². The molecular weight excluding hydrogens is 364 g/mol. The van der Waals surface area contributed by atoms with Crippen molar-refractivity contribution in [1.82, 2.24) is 0 Å². The second-order valence-electron chi connectivity index (χ2n) is 6.70. The lowest BCUT2D eigenvalue weighted by atomic mass is 10.1. The maximum absolute atomic E-state index is 12.2.